The highest BCUT2D eigenvalue weighted by Crippen LogP contribution is 2.26. The van der Waals surface area contributed by atoms with Crippen molar-refractivity contribution in [3.8, 4) is 5.75 Å². The first kappa shape index (κ1) is 18.6. The topological polar surface area (TPSA) is 41.6 Å². The Kier molecular flexibility index (Phi) is 7.41. The first-order valence-corrected chi connectivity index (χ1v) is 9.26. The summed E-state index contributed by atoms with van der Waals surface area (Å²) < 4.78 is 5.70. The van der Waals surface area contributed by atoms with E-state index in [1.54, 1.807) is 0 Å². The molecule has 2 rings (SSSR count). The van der Waals surface area contributed by atoms with Gasteiger partial charge in [0, 0.05) is 19.6 Å². The van der Waals surface area contributed by atoms with Gasteiger partial charge in [-0.25, -0.2) is 4.79 Å². The van der Waals surface area contributed by atoms with Crippen LogP contribution in [0.4, 0.5) is 4.79 Å². The first-order chi connectivity index (χ1) is 11.6. The van der Waals surface area contributed by atoms with E-state index in [2.05, 4.69) is 31.3 Å². The van der Waals surface area contributed by atoms with Crippen molar-refractivity contribution in [3.05, 3.63) is 29.8 Å². The fraction of sp³-hybridized carbons (Fsp3) is 0.650. The molecule has 24 heavy (non-hydrogen) atoms. The summed E-state index contributed by atoms with van der Waals surface area (Å²) in [5.41, 5.74) is 1.24. The van der Waals surface area contributed by atoms with Gasteiger partial charge in [0.25, 0.3) is 0 Å². The van der Waals surface area contributed by atoms with Crippen LogP contribution in [-0.4, -0.2) is 37.2 Å². The Balaban J connectivity index is 1.56. The molecule has 2 unspecified atom stereocenters. The van der Waals surface area contributed by atoms with Gasteiger partial charge in [0.05, 0.1) is 6.61 Å². The molecule has 2 atom stereocenters. The van der Waals surface area contributed by atoms with Crippen LogP contribution in [0.5, 0.6) is 5.75 Å². The van der Waals surface area contributed by atoms with Crippen LogP contribution in [0.1, 0.15) is 51.0 Å². The molecule has 1 aliphatic rings. The lowest BCUT2D eigenvalue weighted by Crippen LogP contribution is -2.45. The monoisotopic (exact) mass is 332 g/mol. The Morgan fingerprint density at radius 1 is 1.25 bits per heavy atom. The number of aryl methyl sites for hydroxylation is 1. The maximum atomic E-state index is 12.2. The van der Waals surface area contributed by atoms with Crippen LogP contribution < -0.4 is 10.1 Å². The van der Waals surface area contributed by atoms with E-state index in [0.717, 1.165) is 37.4 Å². The Labute approximate surface area is 146 Å². The number of carbonyl (C=O) groups is 1. The van der Waals surface area contributed by atoms with Gasteiger partial charge in [-0.2, -0.15) is 0 Å². The Morgan fingerprint density at radius 2 is 2.00 bits per heavy atom. The van der Waals surface area contributed by atoms with E-state index in [-0.39, 0.29) is 6.03 Å². The molecule has 1 fully saturated rings. The maximum absolute atomic E-state index is 12.2. The van der Waals surface area contributed by atoms with Crippen LogP contribution >= 0.6 is 0 Å². The molecule has 1 aliphatic carbocycles. The van der Waals surface area contributed by atoms with Gasteiger partial charge in [0.2, 0.25) is 0 Å². The van der Waals surface area contributed by atoms with Crippen molar-refractivity contribution in [2.75, 3.05) is 20.2 Å². The number of hydrogen-bond acceptors (Lipinski definition) is 2. The van der Waals surface area contributed by atoms with Crippen molar-refractivity contribution in [1.82, 2.24) is 10.2 Å². The predicted molar refractivity (Wildman–Crippen MR) is 98.5 cm³/mol. The van der Waals surface area contributed by atoms with Gasteiger partial charge in [-0.1, -0.05) is 37.5 Å². The molecule has 2 amide bonds. The smallest absolute Gasteiger partial charge is 0.317 e. The Morgan fingerprint density at radius 3 is 2.71 bits per heavy atom. The van der Waals surface area contributed by atoms with Crippen LogP contribution in [0, 0.1) is 12.8 Å². The highest BCUT2D eigenvalue weighted by Gasteiger charge is 2.24. The van der Waals surface area contributed by atoms with Crippen molar-refractivity contribution >= 4 is 6.03 Å². The molecule has 1 saturated carbocycles. The lowest BCUT2D eigenvalue weighted by Gasteiger charge is -2.34. The fourth-order valence-electron chi connectivity index (χ4n) is 3.29. The van der Waals surface area contributed by atoms with Crippen molar-refractivity contribution < 1.29 is 9.53 Å². The van der Waals surface area contributed by atoms with E-state index in [0.29, 0.717) is 19.2 Å². The third-order valence-corrected chi connectivity index (χ3v) is 4.91. The van der Waals surface area contributed by atoms with Crippen LogP contribution in [0.25, 0.3) is 0 Å². The number of urea groups is 1. The largest absolute Gasteiger partial charge is 0.494 e. The number of benzene rings is 1. The van der Waals surface area contributed by atoms with Gasteiger partial charge in [-0.15, -0.1) is 0 Å². The third kappa shape index (κ3) is 6.06. The minimum absolute atomic E-state index is 0.0635. The van der Waals surface area contributed by atoms with Gasteiger partial charge in [-0.05, 0) is 50.7 Å². The van der Waals surface area contributed by atoms with E-state index in [9.17, 15) is 4.79 Å². The van der Waals surface area contributed by atoms with Crippen molar-refractivity contribution in [2.24, 2.45) is 5.92 Å². The molecule has 0 saturated heterocycles. The fourth-order valence-corrected chi connectivity index (χ4v) is 3.29. The van der Waals surface area contributed by atoms with Gasteiger partial charge in [0.1, 0.15) is 5.75 Å². The molecule has 1 aromatic carbocycles. The second-order valence-electron chi connectivity index (χ2n) is 7.14. The second-order valence-corrected chi connectivity index (χ2v) is 7.14. The quantitative estimate of drug-likeness (QED) is 0.753. The molecule has 0 spiro atoms. The Bertz CT molecular complexity index is 501. The molecule has 4 nitrogen and oxygen atoms in total. The summed E-state index contributed by atoms with van der Waals surface area (Å²) in [6.45, 7) is 5.75. The lowest BCUT2D eigenvalue weighted by molar-refractivity contribution is 0.160. The predicted octanol–water partition coefficient (Wildman–Crippen LogP) is 4.37. The summed E-state index contributed by atoms with van der Waals surface area (Å²) in [6, 6.07) is 8.57. The zero-order valence-corrected chi connectivity index (χ0v) is 15.4. The summed E-state index contributed by atoms with van der Waals surface area (Å²) in [7, 11) is 1.93. The van der Waals surface area contributed by atoms with Crippen LogP contribution in [-0.2, 0) is 0 Å². The minimum atomic E-state index is 0.0635. The second kappa shape index (κ2) is 9.55. The molecule has 1 aromatic rings. The third-order valence-electron chi connectivity index (χ3n) is 4.91. The number of nitrogens with zero attached hydrogens (tertiary/aromatic N) is 1. The lowest BCUT2D eigenvalue weighted by atomic mass is 9.86. The summed E-state index contributed by atoms with van der Waals surface area (Å²) in [6.07, 6.45) is 6.69. The molecule has 1 N–H and O–H groups in total. The summed E-state index contributed by atoms with van der Waals surface area (Å²) in [4.78, 5) is 14.1. The SMILES string of the molecule is Cc1ccc(OCCCCNC(=O)N(C)C2CCCC(C)C2)cc1. The number of hydrogen-bond donors (Lipinski definition) is 1. The van der Waals surface area contributed by atoms with Crippen LogP contribution in [0.3, 0.4) is 0 Å². The van der Waals surface area contributed by atoms with Gasteiger partial charge in [0.15, 0.2) is 0 Å². The number of ether oxygens (including phenoxy) is 1. The zero-order chi connectivity index (χ0) is 17.4. The standard InChI is InChI=1S/C20H32N2O2/c1-16-9-11-19(12-10-16)24-14-5-4-13-21-20(23)22(3)18-8-6-7-17(2)15-18/h9-12,17-18H,4-8,13-15H2,1-3H3,(H,21,23). The van der Waals surface area contributed by atoms with Gasteiger partial charge in [-0.3, -0.25) is 0 Å². The summed E-state index contributed by atoms with van der Waals surface area (Å²) >= 11 is 0. The van der Waals surface area contributed by atoms with Gasteiger partial charge < -0.3 is 15.0 Å². The van der Waals surface area contributed by atoms with Crippen molar-refractivity contribution in [3.63, 3.8) is 0 Å². The number of unbranched alkanes of at least 4 members (excludes halogenated alkanes) is 1. The van der Waals surface area contributed by atoms with E-state index in [4.69, 9.17) is 4.74 Å². The summed E-state index contributed by atoms with van der Waals surface area (Å²) in [5, 5.41) is 3.03. The van der Waals surface area contributed by atoms with E-state index >= 15 is 0 Å². The molecule has 0 radical (unpaired) electrons. The number of nitrogens with one attached hydrogen (secondary N) is 1. The van der Waals surface area contributed by atoms with Gasteiger partial charge >= 0.3 is 6.03 Å². The van der Waals surface area contributed by atoms with Crippen LogP contribution in [0.15, 0.2) is 24.3 Å². The molecule has 0 aliphatic heterocycles. The molecule has 134 valence electrons. The van der Waals surface area contributed by atoms with Crippen LogP contribution in [0.2, 0.25) is 0 Å². The average molecular weight is 332 g/mol. The van der Waals surface area contributed by atoms with E-state index in [1.807, 2.05) is 24.1 Å². The first-order valence-electron chi connectivity index (χ1n) is 9.26. The highest BCUT2D eigenvalue weighted by molar-refractivity contribution is 5.74. The molecule has 4 heteroatoms. The van der Waals surface area contributed by atoms with E-state index < -0.39 is 0 Å². The Hall–Kier alpha value is -1.71. The maximum Gasteiger partial charge on any atom is 0.317 e. The minimum Gasteiger partial charge on any atom is -0.494 e. The molecular formula is C20H32N2O2. The number of rotatable bonds is 7. The number of carbonyl (C=O) groups excluding carboxylic acids is 1. The number of amides is 2. The summed E-state index contributed by atoms with van der Waals surface area (Å²) in [5.74, 6) is 1.65. The molecule has 0 aromatic heterocycles. The highest BCUT2D eigenvalue weighted by atomic mass is 16.5. The molecule has 0 bridgehead atoms. The molecular weight excluding hydrogens is 300 g/mol. The average Bonchev–Trinajstić information content (AvgIpc) is 2.58. The van der Waals surface area contributed by atoms with E-state index in [1.165, 1.54) is 18.4 Å². The van der Waals surface area contributed by atoms with Crippen molar-refractivity contribution in [1.29, 1.82) is 0 Å². The zero-order valence-electron chi connectivity index (χ0n) is 15.4. The molecule has 0 heterocycles. The normalized spacial score (nSPS) is 20.5. The van der Waals surface area contributed by atoms with Crippen molar-refractivity contribution in [2.45, 2.75) is 58.4 Å².